The van der Waals surface area contributed by atoms with Crippen LogP contribution in [0.2, 0.25) is 0 Å². The predicted octanol–water partition coefficient (Wildman–Crippen LogP) is 2.55. The molecular weight excluding hydrogens is 404 g/mol. The number of benzene rings is 1. The monoisotopic (exact) mass is 420 g/mol. The number of rotatable bonds is 5. The molecule has 0 radical (unpaired) electrons. The Kier molecular flexibility index (Phi) is 5.06. The molecule has 1 aliphatic rings. The van der Waals surface area contributed by atoms with Gasteiger partial charge in [-0.1, -0.05) is 15.9 Å². The van der Waals surface area contributed by atoms with Gasteiger partial charge in [-0.25, -0.2) is 0 Å². The molecule has 1 aromatic heterocycles. The van der Waals surface area contributed by atoms with Gasteiger partial charge >= 0.3 is 0 Å². The van der Waals surface area contributed by atoms with Gasteiger partial charge in [-0.05, 0) is 17.7 Å². The number of halogens is 1. The summed E-state index contributed by atoms with van der Waals surface area (Å²) in [5.74, 6) is 0.936. The van der Waals surface area contributed by atoms with Crippen LogP contribution in [0.5, 0.6) is 17.4 Å². The Hall–Kier alpha value is -2.70. The minimum absolute atomic E-state index is 0.0159. The number of nitrogens with one attached hydrogen (secondary N) is 1. The molecule has 1 atom stereocenters. The van der Waals surface area contributed by atoms with E-state index in [1.807, 2.05) is 0 Å². The lowest BCUT2D eigenvalue weighted by Gasteiger charge is -2.25. The first-order valence-electron chi connectivity index (χ1n) is 7.60. The van der Waals surface area contributed by atoms with Crippen molar-refractivity contribution in [1.29, 1.82) is 5.26 Å². The number of nitrogens with zero attached hydrogens (tertiary/aromatic N) is 2. The van der Waals surface area contributed by atoms with Gasteiger partial charge < -0.3 is 24.7 Å². The second kappa shape index (κ2) is 7.27. The summed E-state index contributed by atoms with van der Waals surface area (Å²) in [6.45, 7) is 0.283. The van der Waals surface area contributed by atoms with Crippen LogP contribution in [0.3, 0.4) is 0 Å². The zero-order valence-electron chi connectivity index (χ0n) is 14.4. The lowest BCUT2D eigenvalue weighted by Crippen LogP contribution is -2.21. The predicted molar refractivity (Wildman–Crippen MR) is 95.8 cm³/mol. The summed E-state index contributed by atoms with van der Waals surface area (Å²) in [5.41, 5.74) is 8.42. The SMILES string of the molecule is COCc1[nH]nc2c1[C@H](c1cc(OC)c(OC)cc1Br)C(C#N)=C(N)O2. The van der Waals surface area contributed by atoms with Gasteiger partial charge in [0.1, 0.15) is 11.6 Å². The van der Waals surface area contributed by atoms with Crippen LogP contribution in [-0.2, 0) is 11.3 Å². The third-order valence-corrected chi connectivity index (χ3v) is 4.81. The molecule has 9 heteroatoms. The number of aromatic nitrogens is 2. The highest BCUT2D eigenvalue weighted by atomic mass is 79.9. The van der Waals surface area contributed by atoms with Crippen molar-refractivity contribution in [2.75, 3.05) is 21.3 Å². The molecule has 0 aliphatic carbocycles. The number of aromatic amines is 1. The fourth-order valence-corrected chi connectivity index (χ4v) is 3.52. The van der Waals surface area contributed by atoms with E-state index in [1.54, 1.807) is 33.5 Å². The average Bonchev–Trinajstić information content (AvgIpc) is 3.03. The molecule has 3 rings (SSSR count). The largest absolute Gasteiger partial charge is 0.493 e. The van der Waals surface area contributed by atoms with Gasteiger partial charge in [0.15, 0.2) is 11.5 Å². The molecule has 8 nitrogen and oxygen atoms in total. The third-order valence-electron chi connectivity index (χ3n) is 4.12. The van der Waals surface area contributed by atoms with Crippen LogP contribution in [0.4, 0.5) is 0 Å². The quantitative estimate of drug-likeness (QED) is 0.763. The van der Waals surface area contributed by atoms with E-state index in [0.29, 0.717) is 28.6 Å². The standard InChI is InChI=1S/C17H17BrN4O4/c1-23-7-11-15-14(9(6-19)16(20)26-17(15)22-21-11)8-4-12(24-2)13(25-3)5-10(8)18/h4-5,14H,7,20H2,1-3H3,(H,21,22)/t14-/m1/s1. The van der Waals surface area contributed by atoms with Crippen molar-refractivity contribution in [3.05, 3.63) is 44.9 Å². The molecule has 0 saturated heterocycles. The number of methoxy groups -OCH3 is 3. The molecule has 0 saturated carbocycles. The second-order valence-corrected chi connectivity index (χ2v) is 6.36. The first-order valence-corrected chi connectivity index (χ1v) is 8.40. The highest BCUT2D eigenvalue weighted by molar-refractivity contribution is 9.10. The maximum Gasteiger partial charge on any atom is 0.244 e. The average molecular weight is 421 g/mol. The van der Waals surface area contributed by atoms with E-state index in [0.717, 1.165) is 10.0 Å². The van der Waals surface area contributed by atoms with Crippen LogP contribution >= 0.6 is 15.9 Å². The van der Waals surface area contributed by atoms with Crippen molar-refractivity contribution < 1.29 is 18.9 Å². The van der Waals surface area contributed by atoms with E-state index in [1.165, 1.54) is 0 Å². The van der Waals surface area contributed by atoms with E-state index in [9.17, 15) is 5.26 Å². The summed E-state index contributed by atoms with van der Waals surface area (Å²) in [7, 11) is 4.68. The maximum atomic E-state index is 9.69. The zero-order valence-corrected chi connectivity index (χ0v) is 16.0. The molecule has 136 valence electrons. The van der Waals surface area contributed by atoms with Crippen molar-refractivity contribution in [2.24, 2.45) is 5.73 Å². The van der Waals surface area contributed by atoms with Crippen LogP contribution in [0.25, 0.3) is 0 Å². The Balaban J connectivity index is 2.26. The Morgan fingerprint density at radius 2 is 2.00 bits per heavy atom. The van der Waals surface area contributed by atoms with E-state index in [4.69, 9.17) is 24.7 Å². The maximum absolute atomic E-state index is 9.69. The second-order valence-electron chi connectivity index (χ2n) is 5.51. The highest BCUT2D eigenvalue weighted by Crippen LogP contribution is 2.47. The van der Waals surface area contributed by atoms with E-state index in [2.05, 4.69) is 32.2 Å². The summed E-state index contributed by atoms with van der Waals surface area (Å²) < 4.78 is 22.2. The fraction of sp³-hybridized carbons (Fsp3) is 0.294. The molecule has 0 unspecified atom stereocenters. The molecule has 2 aromatic rings. The van der Waals surface area contributed by atoms with Crippen LogP contribution in [0, 0.1) is 11.3 Å². The lowest BCUT2D eigenvalue weighted by atomic mass is 9.84. The topological polar surface area (TPSA) is 115 Å². The van der Waals surface area contributed by atoms with Gasteiger partial charge in [-0.2, -0.15) is 5.26 Å². The number of hydrogen-bond acceptors (Lipinski definition) is 7. The Morgan fingerprint density at radius 1 is 1.31 bits per heavy atom. The number of H-pyrrole nitrogens is 1. The normalized spacial score (nSPS) is 15.9. The molecule has 0 bridgehead atoms. The summed E-state index contributed by atoms with van der Waals surface area (Å²) in [5, 5.41) is 16.7. The zero-order chi connectivity index (χ0) is 18.8. The van der Waals surface area contributed by atoms with E-state index >= 15 is 0 Å². The Morgan fingerprint density at radius 3 is 2.62 bits per heavy atom. The molecule has 1 aromatic carbocycles. The van der Waals surface area contributed by atoms with Crippen molar-refractivity contribution in [3.8, 4) is 23.4 Å². The molecular formula is C17H17BrN4O4. The molecule has 0 fully saturated rings. The van der Waals surface area contributed by atoms with Crippen LogP contribution in [0.1, 0.15) is 22.7 Å². The molecule has 2 heterocycles. The molecule has 0 amide bonds. The molecule has 3 N–H and O–H groups in total. The Bertz CT molecular complexity index is 916. The number of allylic oxidation sites excluding steroid dienone is 1. The summed E-state index contributed by atoms with van der Waals surface area (Å²) >= 11 is 3.56. The molecule has 0 spiro atoms. The van der Waals surface area contributed by atoms with Gasteiger partial charge in [-0.15, -0.1) is 5.10 Å². The minimum Gasteiger partial charge on any atom is -0.493 e. The van der Waals surface area contributed by atoms with E-state index in [-0.39, 0.29) is 18.1 Å². The number of ether oxygens (including phenoxy) is 4. The van der Waals surface area contributed by atoms with Gasteiger partial charge in [-0.3, -0.25) is 5.10 Å². The van der Waals surface area contributed by atoms with Crippen molar-refractivity contribution in [1.82, 2.24) is 10.2 Å². The Labute approximate surface area is 158 Å². The minimum atomic E-state index is -0.498. The van der Waals surface area contributed by atoms with Crippen LogP contribution < -0.4 is 19.9 Å². The van der Waals surface area contributed by atoms with Gasteiger partial charge in [0, 0.05) is 11.6 Å². The molecule has 26 heavy (non-hydrogen) atoms. The van der Waals surface area contributed by atoms with Gasteiger partial charge in [0.2, 0.25) is 11.8 Å². The van der Waals surface area contributed by atoms with Gasteiger partial charge in [0.05, 0.1) is 38.0 Å². The van der Waals surface area contributed by atoms with Crippen molar-refractivity contribution >= 4 is 15.9 Å². The third kappa shape index (κ3) is 2.87. The first kappa shape index (κ1) is 18.1. The summed E-state index contributed by atoms with van der Waals surface area (Å²) in [4.78, 5) is 0. The van der Waals surface area contributed by atoms with Crippen LogP contribution in [-0.4, -0.2) is 31.5 Å². The summed E-state index contributed by atoms with van der Waals surface area (Å²) in [6, 6.07) is 5.73. The summed E-state index contributed by atoms with van der Waals surface area (Å²) in [6.07, 6.45) is 0. The van der Waals surface area contributed by atoms with E-state index < -0.39 is 5.92 Å². The number of nitriles is 1. The first-order chi connectivity index (χ1) is 12.5. The lowest BCUT2D eigenvalue weighted by molar-refractivity contribution is 0.180. The number of hydrogen-bond donors (Lipinski definition) is 2. The molecule has 1 aliphatic heterocycles. The van der Waals surface area contributed by atoms with Crippen LogP contribution in [0.15, 0.2) is 28.1 Å². The fourth-order valence-electron chi connectivity index (χ4n) is 2.97. The highest BCUT2D eigenvalue weighted by Gasteiger charge is 2.36. The van der Waals surface area contributed by atoms with Gasteiger partial charge in [0.25, 0.3) is 0 Å². The van der Waals surface area contributed by atoms with Crippen molar-refractivity contribution in [2.45, 2.75) is 12.5 Å². The smallest absolute Gasteiger partial charge is 0.244 e. The van der Waals surface area contributed by atoms with Crippen molar-refractivity contribution in [3.63, 3.8) is 0 Å². The number of nitrogens with two attached hydrogens (primary N) is 1. The number of fused-ring (bicyclic) bond motifs is 1.